The average molecular weight is 409 g/mol. The van der Waals surface area contributed by atoms with E-state index in [0.29, 0.717) is 22.6 Å². The van der Waals surface area contributed by atoms with Crippen molar-refractivity contribution in [2.75, 3.05) is 11.9 Å². The first-order valence-electron chi connectivity index (χ1n) is 9.65. The summed E-state index contributed by atoms with van der Waals surface area (Å²) in [6.45, 7) is 5.76. The highest BCUT2D eigenvalue weighted by molar-refractivity contribution is 6.00. The van der Waals surface area contributed by atoms with Gasteiger partial charge in [-0.2, -0.15) is 0 Å². The maximum absolute atomic E-state index is 14.2. The van der Waals surface area contributed by atoms with Crippen molar-refractivity contribution in [2.24, 2.45) is 0 Å². The van der Waals surface area contributed by atoms with Gasteiger partial charge in [-0.1, -0.05) is 13.8 Å². The lowest BCUT2D eigenvalue weighted by atomic mass is 10.0. The Morgan fingerprint density at radius 2 is 1.93 bits per heavy atom. The molecule has 7 nitrogen and oxygen atoms in total. The highest BCUT2D eigenvalue weighted by Gasteiger charge is 2.17. The number of anilines is 2. The van der Waals surface area contributed by atoms with Gasteiger partial charge >= 0.3 is 0 Å². The summed E-state index contributed by atoms with van der Waals surface area (Å²) in [6, 6.07) is 6.26. The van der Waals surface area contributed by atoms with E-state index in [2.05, 4.69) is 25.6 Å². The van der Waals surface area contributed by atoms with E-state index < -0.39 is 11.9 Å². The number of carbonyl (C=O) groups excluding carboxylic acids is 1. The second-order valence-electron chi connectivity index (χ2n) is 7.25. The second kappa shape index (κ2) is 9.41. The molecule has 0 radical (unpaired) electrons. The number of aliphatic hydroxyl groups excluding tert-OH is 1. The fraction of sp³-hybridized carbons (Fsp3) is 0.273. The van der Waals surface area contributed by atoms with Crippen molar-refractivity contribution in [1.29, 1.82) is 0 Å². The standard InChI is InChI=1S/C22H24FN5O2/c1-13(2)15-12-26-20(21-17(23)5-4-7-25-21)9-19(15)28-18-6-8-24-11-16(18)22(30)27-10-14(3)29/h4-9,11-14,29H,10H2,1-3H3,(H,27,30)(H,24,26,28). The van der Waals surface area contributed by atoms with Gasteiger partial charge in [-0.05, 0) is 42.7 Å². The van der Waals surface area contributed by atoms with Crippen LogP contribution in [-0.4, -0.2) is 38.6 Å². The van der Waals surface area contributed by atoms with Crippen LogP contribution in [0.1, 0.15) is 42.6 Å². The Labute approximate surface area is 174 Å². The van der Waals surface area contributed by atoms with E-state index >= 15 is 0 Å². The number of halogens is 1. The largest absolute Gasteiger partial charge is 0.392 e. The third-order valence-corrected chi connectivity index (χ3v) is 4.45. The van der Waals surface area contributed by atoms with Crippen molar-refractivity contribution in [2.45, 2.75) is 32.8 Å². The third-order valence-electron chi connectivity index (χ3n) is 4.45. The number of aliphatic hydroxyl groups is 1. The van der Waals surface area contributed by atoms with Crippen LogP contribution >= 0.6 is 0 Å². The Bertz CT molecular complexity index is 1040. The minimum Gasteiger partial charge on any atom is -0.392 e. The number of hydrogen-bond donors (Lipinski definition) is 3. The minimum atomic E-state index is -0.661. The first kappa shape index (κ1) is 21.3. The fourth-order valence-electron chi connectivity index (χ4n) is 2.90. The monoisotopic (exact) mass is 409 g/mol. The first-order chi connectivity index (χ1) is 14.4. The lowest BCUT2D eigenvalue weighted by Gasteiger charge is -2.18. The zero-order chi connectivity index (χ0) is 21.7. The molecule has 3 heterocycles. The Kier molecular flexibility index (Phi) is 6.68. The molecule has 1 unspecified atom stereocenters. The molecule has 0 aliphatic carbocycles. The maximum atomic E-state index is 14.2. The van der Waals surface area contributed by atoms with Gasteiger partial charge in [0, 0.05) is 37.0 Å². The zero-order valence-electron chi connectivity index (χ0n) is 17.1. The molecule has 8 heteroatoms. The van der Waals surface area contributed by atoms with E-state index in [1.165, 1.54) is 24.5 Å². The summed E-state index contributed by atoms with van der Waals surface area (Å²) in [5.41, 5.74) is 3.00. The summed E-state index contributed by atoms with van der Waals surface area (Å²) >= 11 is 0. The number of rotatable bonds is 7. The van der Waals surface area contributed by atoms with Crippen molar-refractivity contribution in [3.8, 4) is 11.4 Å². The zero-order valence-corrected chi connectivity index (χ0v) is 17.1. The number of nitrogens with zero attached hydrogens (tertiary/aromatic N) is 3. The molecular formula is C22H24FN5O2. The van der Waals surface area contributed by atoms with E-state index in [1.54, 1.807) is 31.5 Å². The molecule has 3 aromatic heterocycles. The average Bonchev–Trinajstić information content (AvgIpc) is 2.72. The Balaban J connectivity index is 1.99. The first-order valence-corrected chi connectivity index (χ1v) is 9.65. The van der Waals surface area contributed by atoms with E-state index in [-0.39, 0.29) is 24.1 Å². The molecule has 0 saturated heterocycles. The number of pyridine rings is 3. The number of amides is 1. The van der Waals surface area contributed by atoms with Crippen molar-refractivity contribution in [3.05, 3.63) is 66.0 Å². The molecule has 0 saturated carbocycles. The number of carbonyl (C=O) groups is 1. The molecule has 1 atom stereocenters. The van der Waals surface area contributed by atoms with Crippen LogP contribution in [0.25, 0.3) is 11.4 Å². The highest BCUT2D eigenvalue weighted by atomic mass is 19.1. The number of aromatic nitrogens is 3. The lowest BCUT2D eigenvalue weighted by Crippen LogP contribution is -2.31. The molecular weight excluding hydrogens is 385 g/mol. The third kappa shape index (κ3) is 4.96. The molecule has 3 rings (SSSR count). The molecule has 0 bridgehead atoms. The summed E-state index contributed by atoms with van der Waals surface area (Å²) < 4.78 is 14.2. The van der Waals surface area contributed by atoms with E-state index in [1.807, 2.05) is 13.8 Å². The molecule has 30 heavy (non-hydrogen) atoms. The molecule has 0 aliphatic heterocycles. The fourth-order valence-corrected chi connectivity index (χ4v) is 2.90. The molecule has 156 valence electrons. The Hall–Kier alpha value is -3.39. The van der Waals surface area contributed by atoms with Crippen LogP contribution in [0.2, 0.25) is 0 Å². The van der Waals surface area contributed by atoms with Gasteiger partial charge in [0.15, 0.2) is 5.82 Å². The van der Waals surface area contributed by atoms with Gasteiger partial charge in [0.1, 0.15) is 5.69 Å². The molecule has 0 aliphatic rings. The summed E-state index contributed by atoms with van der Waals surface area (Å²) in [7, 11) is 0. The second-order valence-corrected chi connectivity index (χ2v) is 7.25. The molecule has 1 amide bonds. The predicted octanol–water partition coefficient (Wildman–Crippen LogP) is 3.66. The van der Waals surface area contributed by atoms with Gasteiger partial charge in [0.05, 0.1) is 23.0 Å². The maximum Gasteiger partial charge on any atom is 0.255 e. The predicted molar refractivity (Wildman–Crippen MR) is 113 cm³/mol. The Morgan fingerprint density at radius 3 is 2.63 bits per heavy atom. The van der Waals surface area contributed by atoms with Crippen LogP contribution in [0, 0.1) is 5.82 Å². The van der Waals surface area contributed by atoms with Gasteiger partial charge in [-0.15, -0.1) is 0 Å². The smallest absolute Gasteiger partial charge is 0.255 e. The Morgan fingerprint density at radius 1 is 1.13 bits per heavy atom. The molecule has 0 aromatic carbocycles. The highest BCUT2D eigenvalue weighted by Crippen LogP contribution is 2.31. The van der Waals surface area contributed by atoms with Gasteiger partial charge in [0.25, 0.3) is 5.91 Å². The van der Waals surface area contributed by atoms with Gasteiger partial charge in [-0.25, -0.2) is 4.39 Å². The summed E-state index contributed by atoms with van der Waals surface area (Å²) in [6.07, 6.45) is 5.56. The quantitative estimate of drug-likeness (QED) is 0.551. The topological polar surface area (TPSA) is 100 Å². The van der Waals surface area contributed by atoms with Gasteiger partial charge < -0.3 is 15.7 Å². The van der Waals surface area contributed by atoms with Crippen LogP contribution in [0.3, 0.4) is 0 Å². The van der Waals surface area contributed by atoms with Crippen molar-refractivity contribution in [3.63, 3.8) is 0 Å². The molecule has 3 N–H and O–H groups in total. The number of hydrogen-bond acceptors (Lipinski definition) is 6. The molecule has 0 fully saturated rings. The van der Waals surface area contributed by atoms with Crippen LogP contribution in [0.15, 0.2) is 49.1 Å². The van der Waals surface area contributed by atoms with Gasteiger partial charge in [0.2, 0.25) is 0 Å². The normalized spacial score (nSPS) is 11.9. The van der Waals surface area contributed by atoms with Crippen molar-refractivity contribution >= 4 is 17.3 Å². The SMILES string of the molecule is CC(O)CNC(=O)c1cnccc1Nc1cc(-c2ncccc2F)ncc1C(C)C. The van der Waals surface area contributed by atoms with Crippen LogP contribution in [0.4, 0.5) is 15.8 Å². The van der Waals surface area contributed by atoms with E-state index in [0.717, 1.165) is 5.56 Å². The summed E-state index contributed by atoms with van der Waals surface area (Å²) in [5, 5.41) is 15.4. The van der Waals surface area contributed by atoms with Crippen molar-refractivity contribution < 1.29 is 14.3 Å². The molecule has 0 spiro atoms. The number of nitrogens with one attached hydrogen (secondary N) is 2. The van der Waals surface area contributed by atoms with E-state index in [9.17, 15) is 14.3 Å². The van der Waals surface area contributed by atoms with Crippen LogP contribution in [-0.2, 0) is 0 Å². The van der Waals surface area contributed by atoms with Crippen LogP contribution in [0.5, 0.6) is 0 Å². The molecule has 3 aromatic rings. The van der Waals surface area contributed by atoms with Crippen molar-refractivity contribution in [1.82, 2.24) is 20.3 Å². The minimum absolute atomic E-state index is 0.128. The van der Waals surface area contributed by atoms with Gasteiger partial charge in [-0.3, -0.25) is 19.7 Å². The van der Waals surface area contributed by atoms with Crippen LogP contribution < -0.4 is 10.6 Å². The van der Waals surface area contributed by atoms with E-state index in [4.69, 9.17) is 0 Å². The summed E-state index contributed by atoms with van der Waals surface area (Å²) in [4.78, 5) is 25.0. The summed E-state index contributed by atoms with van der Waals surface area (Å²) in [5.74, 6) is -0.685. The lowest BCUT2D eigenvalue weighted by molar-refractivity contribution is 0.0924.